The Bertz CT molecular complexity index is 771. The van der Waals surface area contributed by atoms with Gasteiger partial charge in [-0.05, 0) is 22.4 Å². The summed E-state index contributed by atoms with van der Waals surface area (Å²) in [5, 5.41) is 3.35. The highest BCUT2D eigenvalue weighted by atomic mass is 28.2. The molecule has 0 aliphatic carbocycles. The summed E-state index contributed by atoms with van der Waals surface area (Å²) in [6.07, 6.45) is -4.27. The van der Waals surface area contributed by atoms with Crippen LogP contribution in [0.1, 0.15) is 11.1 Å². The number of rotatable bonds is 3. The van der Waals surface area contributed by atoms with Gasteiger partial charge in [0, 0.05) is 0 Å². The van der Waals surface area contributed by atoms with Crippen molar-refractivity contribution in [3.8, 4) is 0 Å². The zero-order valence-corrected chi connectivity index (χ0v) is 12.7. The van der Waals surface area contributed by atoms with E-state index in [2.05, 4.69) is 24.3 Å². The van der Waals surface area contributed by atoms with Crippen molar-refractivity contribution < 1.29 is 13.2 Å². The van der Waals surface area contributed by atoms with E-state index in [1.54, 1.807) is 12.1 Å². The highest BCUT2D eigenvalue weighted by molar-refractivity contribution is 6.53. The van der Waals surface area contributed by atoms with Crippen LogP contribution in [0, 0.1) is 0 Å². The molecular weight excluding hydrogens is 301 g/mol. The van der Waals surface area contributed by atoms with Gasteiger partial charge in [0.05, 0.1) is 15.1 Å². The van der Waals surface area contributed by atoms with Gasteiger partial charge < -0.3 is 0 Å². The molecule has 0 saturated heterocycles. The normalized spacial score (nSPS) is 11.8. The number of alkyl halides is 3. The Morgan fingerprint density at radius 2 is 1.45 bits per heavy atom. The van der Waals surface area contributed by atoms with E-state index in [4.69, 9.17) is 0 Å². The maximum Gasteiger partial charge on any atom is 0.416 e. The first-order valence-corrected chi connectivity index (χ1v) is 8.12. The molecule has 4 heteroatoms. The van der Waals surface area contributed by atoms with Gasteiger partial charge >= 0.3 is 6.18 Å². The second-order valence-electron chi connectivity index (χ2n) is 5.07. The van der Waals surface area contributed by atoms with Gasteiger partial charge in [-0.2, -0.15) is 13.2 Å². The molecular formula is C18H13F3Si. The predicted molar refractivity (Wildman–Crippen MR) is 84.5 cm³/mol. The van der Waals surface area contributed by atoms with Crippen molar-refractivity contribution in [3.05, 3.63) is 77.9 Å². The molecule has 0 saturated carbocycles. The van der Waals surface area contributed by atoms with E-state index >= 15 is 0 Å². The van der Waals surface area contributed by atoms with Gasteiger partial charge in [-0.15, -0.1) is 0 Å². The minimum atomic E-state index is -4.27. The zero-order chi connectivity index (χ0) is 15.6. The summed E-state index contributed by atoms with van der Waals surface area (Å²) in [6, 6.07) is 20.6. The largest absolute Gasteiger partial charge is 0.416 e. The van der Waals surface area contributed by atoms with Crippen LogP contribution < -0.4 is 5.19 Å². The fourth-order valence-electron chi connectivity index (χ4n) is 2.42. The van der Waals surface area contributed by atoms with E-state index in [1.165, 1.54) is 16.3 Å². The van der Waals surface area contributed by atoms with Gasteiger partial charge in [-0.25, -0.2) is 0 Å². The fourth-order valence-corrected chi connectivity index (χ4v) is 3.53. The Balaban J connectivity index is 1.77. The molecule has 0 heterocycles. The molecule has 110 valence electrons. The Kier molecular flexibility index (Phi) is 4.03. The summed E-state index contributed by atoms with van der Waals surface area (Å²) in [4.78, 5) is 0. The summed E-state index contributed by atoms with van der Waals surface area (Å²) in [5.41, 5.74) is 0.641. The number of hydrogen-bond acceptors (Lipinski definition) is 0. The highest BCUT2D eigenvalue weighted by Gasteiger charge is 2.29. The lowest BCUT2D eigenvalue weighted by Gasteiger charge is -2.08. The Hall–Kier alpha value is -2.07. The van der Waals surface area contributed by atoms with Crippen LogP contribution in [0.15, 0.2) is 66.7 Å². The van der Waals surface area contributed by atoms with E-state index in [9.17, 15) is 13.2 Å². The van der Waals surface area contributed by atoms with Crippen molar-refractivity contribution in [1.82, 2.24) is 0 Å². The monoisotopic (exact) mass is 314 g/mol. The minimum Gasteiger partial charge on any atom is -0.166 e. The molecule has 0 aromatic heterocycles. The van der Waals surface area contributed by atoms with Gasteiger partial charge in [0.25, 0.3) is 0 Å². The first-order valence-electron chi connectivity index (χ1n) is 6.92. The van der Waals surface area contributed by atoms with Crippen molar-refractivity contribution >= 4 is 25.5 Å². The summed E-state index contributed by atoms with van der Waals surface area (Å²) in [7, 11) is 0.458. The Morgan fingerprint density at radius 1 is 0.773 bits per heavy atom. The van der Waals surface area contributed by atoms with Crippen LogP contribution in [-0.2, 0) is 12.2 Å². The lowest BCUT2D eigenvalue weighted by Crippen LogP contribution is -2.17. The molecule has 2 radical (unpaired) electrons. The van der Waals surface area contributed by atoms with Crippen LogP contribution in [-0.4, -0.2) is 9.52 Å². The van der Waals surface area contributed by atoms with Crippen LogP contribution in [0.3, 0.4) is 0 Å². The standard InChI is InChI=1S/C18H13F3Si/c19-18(20,21)15-8-10-16(11-9-15)22-12-14-6-3-5-13-4-1-2-7-17(13)14/h1-11H,12H2. The molecule has 22 heavy (non-hydrogen) atoms. The SMILES string of the molecule is FC(F)(F)c1ccc([Si]Cc2cccc3ccccc23)cc1. The quantitative estimate of drug-likeness (QED) is 0.629. The smallest absolute Gasteiger partial charge is 0.166 e. The average molecular weight is 314 g/mol. The molecule has 3 rings (SSSR count). The fraction of sp³-hybridized carbons (Fsp3) is 0.111. The summed E-state index contributed by atoms with van der Waals surface area (Å²) >= 11 is 0. The second kappa shape index (κ2) is 5.97. The first-order chi connectivity index (χ1) is 10.5. The maximum atomic E-state index is 12.5. The third-order valence-corrected chi connectivity index (χ3v) is 4.87. The second-order valence-corrected chi connectivity index (χ2v) is 6.35. The maximum absolute atomic E-state index is 12.5. The van der Waals surface area contributed by atoms with Gasteiger partial charge in [-0.1, -0.05) is 71.9 Å². The van der Waals surface area contributed by atoms with Crippen LogP contribution in [0.4, 0.5) is 13.2 Å². The molecule has 0 aliphatic heterocycles. The van der Waals surface area contributed by atoms with Gasteiger partial charge in [-0.3, -0.25) is 0 Å². The summed E-state index contributed by atoms with van der Waals surface area (Å²) in [6.45, 7) is 0. The van der Waals surface area contributed by atoms with E-state index < -0.39 is 11.7 Å². The van der Waals surface area contributed by atoms with Crippen molar-refractivity contribution in [1.29, 1.82) is 0 Å². The Labute approximate surface area is 129 Å². The molecule has 3 aromatic rings. The number of hydrogen-bond donors (Lipinski definition) is 0. The number of benzene rings is 3. The molecule has 0 aliphatic rings. The van der Waals surface area contributed by atoms with Crippen molar-refractivity contribution in [3.63, 3.8) is 0 Å². The molecule has 0 bridgehead atoms. The minimum absolute atomic E-state index is 0.458. The van der Waals surface area contributed by atoms with Crippen molar-refractivity contribution in [2.75, 3.05) is 0 Å². The van der Waals surface area contributed by atoms with E-state index in [0.29, 0.717) is 9.52 Å². The zero-order valence-electron chi connectivity index (χ0n) is 11.7. The van der Waals surface area contributed by atoms with Gasteiger partial charge in [0.2, 0.25) is 0 Å². The predicted octanol–water partition coefficient (Wildman–Crippen LogP) is 4.39. The third kappa shape index (κ3) is 3.22. The first kappa shape index (κ1) is 14.8. The Morgan fingerprint density at radius 3 is 2.18 bits per heavy atom. The van der Waals surface area contributed by atoms with Crippen LogP contribution in [0.2, 0.25) is 0 Å². The lowest BCUT2D eigenvalue weighted by molar-refractivity contribution is -0.137. The van der Waals surface area contributed by atoms with E-state index in [0.717, 1.165) is 23.4 Å². The molecule has 0 nitrogen and oxygen atoms in total. The number of fused-ring (bicyclic) bond motifs is 1. The molecule has 0 amide bonds. The van der Waals surface area contributed by atoms with Crippen LogP contribution in [0.5, 0.6) is 0 Å². The van der Waals surface area contributed by atoms with Gasteiger partial charge in [0.1, 0.15) is 0 Å². The van der Waals surface area contributed by atoms with Crippen LogP contribution >= 0.6 is 0 Å². The summed E-state index contributed by atoms with van der Waals surface area (Å²) in [5.74, 6) is 0. The molecule has 0 unspecified atom stereocenters. The molecule has 0 fully saturated rings. The van der Waals surface area contributed by atoms with Crippen molar-refractivity contribution in [2.24, 2.45) is 0 Å². The van der Waals surface area contributed by atoms with Gasteiger partial charge in [0.15, 0.2) is 0 Å². The molecule has 3 aromatic carbocycles. The highest BCUT2D eigenvalue weighted by Crippen LogP contribution is 2.28. The number of halogens is 3. The lowest BCUT2D eigenvalue weighted by atomic mass is 10.1. The topological polar surface area (TPSA) is 0 Å². The van der Waals surface area contributed by atoms with E-state index in [-0.39, 0.29) is 0 Å². The van der Waals surface area contributed by atoms with Crippen molar-refractivity contribution in [2.45, 2.75) is 12.2 Å². The molecule has 0 atom stereocenters. The van der Waals surface area contributed by atoms with E-state index in [1.807, 2.05) is 18.2 Å². The molecule has 0 spiro atoms. The third-order valence-electron chi connectivity index (χ3n) is 3.58. The summed E-state index contributed by atoms with van der Waals surface area (Å²) < 4.78 is 37.6. The van der Waals surface area contributed by atoms with Crippen LogP contribution in [0.25, 0.3) is 10.8 Å². The average Bonchev–Trinajstić information content (AvgIpc) is 2.52. The molecule has 0 N–H and O–H groups in total.